The lowest BCUT2D eigenvalue weighted by atomic mass is 10.2. The molecule has 0 spiro atoms. The molecule has 0 saturated heterocycles. The van der Waals surface area contributed by atoms with Crippen molar-refractivity contribution in [1.82, 2.24) is 0 Å². The molecule has 0 fully saturated rings. The minimum absolute atomic E-state index is 0.178. The molecule has 0 atom stereocenters. The third-order valence-electron chi connectivity index (χ3n) is 4.32. The van der Waals surface area contributed by atoms with Crippen LogP contribution in [0, 0.1) is 12.7 Å². The Hall–Kier alpha value is -2.93. The van der Waals surface area contributed by atoms with Gasteiger partial charge >= 0.3 is 0 Å². The molecule has 4 rings (SSSR count). The van der Waals surface area contributed by atoms with E-state index >= 15 is 0 Å². The van der Waals surface area contributed by atoms with Gasteiger partial charge in [-0.2, -0.15) is 0 Å². The topological polar surface area (TPSA) is 57.2 Å². The minimum atomic E-state index is -4.27. The summed E-state index contributed by atoms with van der Waals surface area (Å²) >= 11 is 0. The highest BCUT2D eigenvalue weighted by molar-refractivity contribution is 7.97. The molecule has 158 valence electrons. The van der Waals surface area contributed by atoms with Crippen LogP contribution in [0.25, 0.3) is 0 Å². The molecule has 0 bridgehead atoms. The second-order valence-corrected chi connectivity index (χ2v) is 10.1. The van der Waals surface area contributed by atoms with Crippen molar-refractivity contribution in [2.24, 2.45) is 0 Å². The van der Waals surface area contributed by atoms with Crippen molar-refractivity contribution >= 4 is 21.0 Å². The lowest BCUT2D eigenvalue weighted by molar-refractivity contribution is 0.463. The van der Waals surface area contributed by atoms with E-state index in [4.69, 9.17) is 0 Å². The van der Waals surface area contributed by atoms with E-state index in [0.29, 0.717) is 0 Å². The number of hydrogen-bond donors (Lipinski definition) is 0. The van der Waals surface area contributed by atoms with Gasteiger partial charge in [0.1, 0.15) is 15.9 Å². The summed E-state index contributed by atoms with van der Waals surface area (Å²) < 4.78 is 44.3. The molecular weight excluding hydrogens is 431 g/mol. The van der Waals surface area contributed by atoms with Crippen LogP contribution >= 0.6 is 0 Å². The van der Waals surface area contributed by atoms with Gasteiger partial charge in [0.2, 0.25) is 0 Å². The fraction of sp³-hybridized carbons (Fsp3) is 0.0400. The Morgan fingerprint density at radius 1 is 0.645 bits per heavy atom. The summed E-state index contributed by atoms with van der Waals surface area (Å²) in [4.78, 5) is 3.43. The van der Waals surface area contributed by atoms with Crippen LogP contribution in [0.15, 0.2) is 129 Å². The maximum atomic E-state index is 13.2. The van der Waals surface area contributed by atoms with E-state index in [2.05, 4.69) is 24.3 Å². The third kappa shape index (κ3) is 6.52. The standard InChI is InChI=1S/C18H14FS.C7H8O3S/c19-15-11-13-18(14-12-15)20(16-7-3-1-4-8-16)17-9-5-2-6-10-17;1-6-2-4-7(5-3-6)11(8,9)10/h1-14H;2-5H,1H3,(H,8,9,10)/q+1;/p-1. The van der Waals surface area contributed by atoms with Crippen molar-refractivity contribution in [3.05, 3.63) is 121 Å². The largest absolute Gasteiger partial charge is 0.744 e. The van der Waals surface area contributed by atoms with Crippen LogP contribution in [0.5, 0.6) is 0 Å². The second-order valence-electron chi connectivity index (χ2n) is 6.65. The monoisotopic (exact) mass is 452 g/mol. The van der Waals surface area contributed by atoms with Crippen molar-refractivity contribution < 1.29 is 17.4 Å². The summed E-state index contributed by atoms with van der Waals surface area (Å²) in [7, 11) is -4.46. The molecule has 0 N–H and O–H groups in total. The first-order valence-electron chi connectivity index (χ1n) is 9.47. The lowest BCUT2D eigenvalue weighted by Crippen LogP contribution is -2.04. The first-order valence-corrected chi connectivity index (χ1v) is 12.1. The molecule has 4 aromatic carbocycles. The van der Waals surface area contributed by atoms with Gasteiger partial charge in [0, 0.05) is 0 Å². The van der Waals surface area contributed by atoms with Gasteiger partial charge in [-0.25, -0.2) is 12.8 Å². The Morgan fingerprint density at radius 3 is 1.48 bits per heavy atom. The second kappa shape index (κ2) is 10.4. The summed E-state index contributed by atoms with van der Waals surface area (Å²) in [5.41, 5.74) is 0.928. The predicted octanol–water partition coefficient (Wildman–Crippen LogP) is 5.82. The van der Waals surface area contributed by atoms with Gasteiger partial charge in [0.15, 0.2) is 14.7 Å². The first-order chi connectivity index (χ1) is 14.8. The summed E-state index contributed by atoms with van der Waals surface area (Å²) in [5.74, 6) is -0.196. The number of benzene rings is 4. The van der Waals surface area contributed by atoms with Gasteiger partial charge in [-0.15, -0.1) is 0 Å². The molecule has 3 nitrogen and oxygen atoms in total. The molecule has 0 aliphatic heterocycles. The summed E-state index contributed by atoms with van der Waals surface area (Å²) in [6, 6.07) is 33.3. The van der Waals surface area contributed by atoms with Gasteiger partial charge in [0.05, 0.1) is 15.8 Å². The average molecular weight is 453 g/mol. The van der Waals surface area contributed by atoms with Gasteiger partial charge in [-0.05, 0) is 67.6 Å². The van der Waals surface area contributed by atoms with Gasteiger partial charge in [-0.3, -0.25) is 0 Å². The number of aryl methyl sites for hydroxylation is 1. The number of rotatable bonds is 4. The maximum Gasteiger partial charge on any atom is 0.166 e. The van der Waals surface area contributed by atoms with Crippen molar-refractivity contribution in [3.8, 4) is 0 Å². The smallest absolute Gasteiger partial charge is 0.166 e. The van der Waals surface area contributed by atoms with Crippen molar-refractivity contribution in [2.75, 3.05) is 0 Å². The van der Waals surface area contributed by atoms with Gasteiger partial charge in [0.25, 0.3) is 0 Å². The third-order valence-corrected chi connectivity index (χ3v) is 7.40. The van der Waals surface area contributed by atoms with Crippen molar-refractivity contribution in [3.63, 3.8) is 0 Å². The van der Waals surface area contributed by atoms with E-state index in [-0.39, 0.29) is 21.6 Å². The molecule has 31 heavy (non-hydrogen) atoms. The first kappa shape index (κ1) is 22.7. The average Bonchev–Trinajstić information content (AvgIpc) is 2.77. The fourth-order valence-electron chi connectivity index (χ4n) is 2.80. The Bertz CT molecular complexity index is 1150. The van der Waals surface area contributed by atoms with Gasteiger partial charge in [-0.1, -0.05) is 54.1 Å². The lowest BCUT2D eigenvalue weighted by Gasteiger charge is -2.07. The fourth-order valence-corrected chi connectivity index (χ4v) is 5.35. The van der Waals surface area contributed by atoms with E-state index in [0.717, 1.165) is 10.5 Å². The Kier molecular flexibility index (Phi) is 7.63. The summed E-state index contributed by atoms with van der Waals surface area (Å²) in [5, 5.41) is 0. The van der Waals surface area contributed by atoms with Crippen LogP contribution in [-0.4, -0.2) is 13.0 Å². The normalized spacial score (nSPS) is 11.0. The highest BCUT2D eigenvalue weighted by Crippen LogP contribution is 2.30. The molecule has 0 saturated carbocycles. The zero-order valence-corrected chi connectivity index (χ0v) is 18.4. The Labute approximate surface area is 185 Å². The van der Waals surface area contributed by atoms with Crippen LogP contribution in [-0.2, 0) is 21.0 Å². The molecule has 0 amide bonds. The van der Waals surface area contributed by atoms with E-state index in [1.54, 1.807) is 12.1 Å². The summed E-state index contributed by atoms with van der Waals surface area (Å²) in [6.07, 6.45) is 0. The van der Waals surface area contributed by atoms with Crippen LogP contribution in [0.2, 0.25) is 0 Å². The molecule has 0 aromatic heterocycles. The molecule has 4 aromatic rings. The quantitative estimate of drug-likeness (QED) is 0.290. The number of halogens is 1. The Balaban J connectivity index is 0.000000210. The molecule has 0 aliphatic carbocycles. The molecule has 6 heteroatoms. The Morgan fingerprint density at radius 2 is 1.06 bits per heavy atom. The molecule has 0 radical (unpaired) electrons. The maximum absolute atomic E-state index is 13.2. The highest BCUT2D eigenvalue weighted by Gasteiger charge is 2.27. The van der Waals surface area contributed by atoms with Crippen molar-refractivity contribution in [1.29, 1.82) is 0 Å². The van der Waals surface area contributed by atoms with Crippen LogP contribution in [0.1, 0.15) is 5.56 Å². The predicted molar refractivity (Wildman–Crippen MR) is 121 cm³/mol. The zero-order chi connectivity index (χ0) is 22.3. The van der Waals surface area contributed by atoms with E-state index in [1.165, 1.54) is 34.1 Å². The van der Waals surface area contributed by atoms with Crippen LogP contribution in [0.3, 0.4) is 0 Å². The summed E-state index contributed by atoms with van der Waals surface area (Å²) in [6.45, 7) is 1.82. The molecule has 0 heterocycles. The van der Waals surface area contributed by atoms with Crippen LogP contribution < -0.4 is 0 Å². The van der Waals surface area contributed by atoms with Gasteiger partial charge < -0.3 is 4.55 Å². The minimum Gasteiger partial charge on any atom is -0.744 e. The SMILES string of the molecule is Cc1ccc(S(=O)(=O)[O-])cc1.Fc1ccc([S+](c2ccccc2)c2ccccc2)cc1. The molecular formula is C25H21FO3S2. The molecule has 0 unspecified atom stereocenters. The van der Waals surface area contributed by atoms with Crippen molar-refractivity contribution in [2.45, 2.75) is 26.5 Å². The van der Waals surface area contributed by atoms with Crippen LogP contribution in [0.4, 0.5) is 4.39 Å². The van der Waals surface area contributed by atoms with E-state index < -0.39 is 10.1 Å². The van der Waals surface area contributed by atoms with E-state index in [1.807, 2.05) is 55.5 Å². The zero-order valence-electron chi connectivity index (χ0n) is 16.8. The number of hydrogen-bond acceptors (Lipinski definition) is 3. The highest BCUT2D eigenvalue weighted by atomic mass is 32.2. The van der Waals surface area contributed by atoms with E-state index in [9.17, 15) is 17.4 Å². The molecule has 0 aliphatic rings.